The molecule has 7 nitrogen and oxygen atoms in total. The zero-order chi connectivity index (χ0) is 22.3. The second kappa shape index (κ2) is 7.82. The number of methoxy groups -OCH3 is 2. The van der Waals surface area contributed by atoms with E-state index < -0.39 is 23.5 Å². The van der Waals surface area contributed by atoms with Crippen molar-refractivity contribution in [2.24, 2.45) is 0 Å². The van der Waals surface area contributed by atoms with E-state index in [0.717, 1.165) is 12.1 Å². The van der Waals surface area contributed by atoms with Gasteiger partial charge >= 0.3 is 0 Å². The van der Waals surface area contributed by atoms with Gasteiger partial charge in [-0.2, -0.15) is 5.10 Å². The van der Waals surface area contributed by atoms with Crippen LogP contribution in [0.5, 0.6) is 11.5 Å². The molecule has 1 aliphatic heterocycles. The molecule has 2 aromatic carbocycles. The van der Waals surface area contributed by atoms with E-state index in [-0.39, 0.29) is 29.3 Å². The maximum atomic E-state index is 14.4. The van der Waals surface area contributed by atoms with E-state index >= 15 is 0 Å². The number of halogens is 2. The van der Waals surface area contributed by atoms with E-state index in [9.17, 15) is 18.4 Å². The van der Waals surface area contributed by atoms with Crippen molar-refractivity contribution in [3.05, 3.63) is 64.9 Å². The summed E-state index contributed by atoms with van der Waals surface area (Å²) in [6.45, 7) is 1.66. The second-order valence-corrected chi connectivity index (χ2v) is 7.06. The molecular formula is C22H19F2N3O4. The zero-order valence-corrected chi connectivity index (χ0v) is 17.0. The molecule has 9 heteroatoms. The lowest BCUT2D eigenvalue weighted by molar-refractivity contribution is -0.116. The van der Waals surface area contributed by atoms with Gasteiger partial charge < -0.3 is 14.8 Å². The van der Waals surface area contributed by atoms with Gasteiger partial charge in [0, 0.05) is 18.1 Å². The van der Waals surface area contributed by atoms with E-state index in [1.165, 1.54) is 25.0 Å². The van der Waals surface area contributed by atoms with Gasteiger partial charge in [-0.25, -0.2) is 13.5 Å². The summed E-state index contributed by atoms with van der Waals surface area (Å²) in [5, 5.41) is 6.99. The van der Waals surface area contributed by atoms with Crippen molar-refractivity contribution in [1.82, 2.24) is 9.78 Å². The van der Waals surface area contributed by atoms with Crippen molar-refractivity contribution in [1.29, 1.82) is 0 Å². The molecular weight excluding hydrogens is 408 g/mol. The number of carbonyl (C=O) groups excluding carboxylic acids is 2. The fraction of sp³-hybridized carbons (Fsp3) is 0.227. The highest BCUT2D eigenvalue weighted by Crippen LogP contribution is 2.41. The van der Waals surface area contributed by atoms with Crippen LogP contribution < -0.4 is 14.8 Å². The molecule has 1 aliphatic rings. The smallest absolute Gasteiger partial charge is 0.226 e. The normalized spacial score (nSPS) is 15.3. The van der Waals surface area contributed by atoms with Crippen LogP contribution in [0.4, 0.5) is 14.6 Å². The Labute approximate surface area is 176 Å². The van der Waals surface area contributed by atoms with E-state index in [4.69, 9.17) is 9.47 Å². The highest BCUT2D eigenvalue weighted by molar-refractivity contribution is 6.10. The molecule has 0 spiro atoms. The van der Waals surface area contributed by atoms with Crippen LogP contribution in [-0.2, 0) is 4.79 Å². The average molecular weight is 427 g/mol. The largest absolute Gasteiger partial charge is 0.496 e. The van der Waals surface area contributed by atoms with Gasteiger partial charge in [0.25, 0.3) is 0 Å². The Hall–Kier alpha value is -3.75. The number of fused-ring (bicyclic) bond motifs is 1. The summed E-state index contributed by atoms with van der Waals surface area (Å²) in [4.78, 5) is 26.1. The summed E-state index contributed by atoms with van der Waals surface area (Å²) < 4.78 is 39.6. The van der Waals surface area contributed by atoms with Gasteiger partial charge in [0.05, 0.1) is 25.8 Å². The summed E-state index contributed by atoms with van der Waals surface area (Å²) in [6, 6.07) is 7.99. The van der Waals surface area contributed by atoms with Gasteiger partial charge in [-0.05, 0) is 31.2 Å². The van der Waals surface area contributed by atoms with Crippen LogP contribution in [0.15, 0.2) is 36.4 Å². The Balaban J connectivity index is 1.87. The van der Waals surface area contributed by atoms with Gasteiger partial charge in [-0.3, -0.25) is 9.59 Å². The number of benzene rings is 2. The van der Waals surface area contributed by atoms with Gasteiger partial charge in [0.2, 0.25) is 5.91 Å². The number of hydrogen-bond acceptors (Lipinski definition) is 5. The number of aromatic nitrogens is 2. The Morgan fingerprint density at radius 2 is 1.84 bits per heavy atom. The molecule has 0 fully saturated rings. The van der Waals surface area contributed by atoms with Crippen LogP contribution in [-0.4, -0.2) is 35.7 Å². The maximum absolute atomic E-state index is 14.4. The third kappa shape index (κ3) is 3.41. The zero-order valence-electron chi connectivity index (χ0n) is 17.0. The summed E-state index contributed by atoms with van der Waals surface area (Å²) in [5.74, 6) is -2.48. The fourth-order valence-corrected chi connectivity index (χ4v) is 3.87. The molecule has 3 aromatic rings. The van der Waals surface area contributed by atoms with Crippen molar-refractivity contribution in [3.63, 3.8) is 0 Å². The summed E-state index contributed by atoms with van der Waals surface area (Å²) in [5.41, 5.74) is 1.06. The van der Waals surface area contributed by atoms with Crippen molar-refractivity contribution in [3.8, 4) is 17.2 Å². The minimum absolute atomic E-state index is 0.0472. The lowest BCUT2D eigenvalue weighted by Gasteiger charge is -2.24. The van der Waals surface area contributed by atoms with Crippen molar-refractivity contribution < 1.29 is 27.8 Å². The lowest BCUT2D eigenvalue weighted by atomic mass is 9.85. The minimum Gasteiger partial charge on any atom is -0.496 e. The molecule has 0 bridgehead atoms. The maximum Gasteiger partial charge on any atom is 0.226 e. The quantitative estimate of drug-likeness (QED) is 0.627. The van der Waals surface area contributed by atoms with Gasteiger partial charge in [-0.1, -0.05) is 6.07 Å². The van der Waals surface area contributed by atoms with Crippen LogP contribution >= 0.6 is 0 Å². The van der Waals surface area contributed by atoms with Crippen LogP contribution in [0, 0.1) is 18.6 Å². The molecule has 1 amide bonds. The topological polar surface area (TPSA) is 82.4 Å². The van der Waals surface area contributed by atoms with Crippen LogP contribution in [0.2, 0.25) is 0 Å². The van der Waals surface area contributed by atoms with E-state index in [0.29, 0.717) is 22.8 Å². The molecule has 160 valence electrons. The Morgan fingerprint density at radius 1 is 1.16 bits per heavy atom. The monoisotopic (exact) mass is 427 g/mol. The lowest BCUT2D eigenvalue weighted by Crippen LogP contribution is -2.29. The number of rotatable bonds is 5. The van der Waals surface area contributed by atoms with E-state index in [1.807, 2.05) is 0 Å². The minimum atomic E-state index is -0.883. The van der Waals surface area contributed by atoms with Crippen molar-refractivity contribution >= 4 is 17.5 Å². The Morgan fingerprint density at radius 3 is 2.45 bits per heavy atom. The third-order valence-electron chi connectivity index (χ3n) is 5.23. The van der Waals surface area contributed by atoms with Gasteiger partial charge in [0.1, 0.15) is 34.4 Å². The van der Waals surface area contributed by atoms with Crippen molar-refractivity contribution in [2.45, 2.75) is 19.3 Å². The molecule has 0 radical (unpaired) electrons. The van der Waals surface area contributed by atoms with Gasteiger partial charge in [-0.15, -0.1) is 0 Å². The number of hydrogen-bond donors (Lipinski definition) is 1. The van der Waals surface area contributed by atoms with Crippen LogP contribution in [0.3, 0.4) is 0 Å². The number of amides is 1. The number of carbonyl (C=O) groups is 2. The molecule has 0 aliphatic carbocycles. The Bertz CT molecular complexity index is 1180. The standard InChI is InChI=1S/C22H19F2N3O4/c1-11-19-13(21(29)20-16(30-2)5-4-6-17(20)31-3)10-18(28)25-22(19)27(26-11)15-8-7-12(23)9-14(15)24/h4-9,13H,10H2,1-3H3,(H,25,28). The SMILES string of the molecule is COc1cccc(OC)c1C(=O)C1CC(=O)Nc2c1c(C)nn2-c1ccc(F)cc1F. The summed E-state index contributed by atoms with van der Waals surface area (Å²) in [6.07, 6.45) is -0.120. The molecule has 31 heavy (non-hydrogen) atoms. The fourth-order valence-electron chi connectivity index (χ4n) is 3.87. The number of anilines is 1. The number of ketones is 1. The molecule has 2 heterocycles. The molecule has 0 saturated carbocycles. The average Bonchev–Trinajstić information content (AvgIpc) is 3.07. The highest BCUT2D eigenvalue weighted by Gasteiger charge is 2.38. The van der Waals surface area contributed by atoms with E-state index in [2.05, 4.69) is 10.4 Å². The number of Topliss-reactive ketones (excluding diaryl/α,β-unsaturated/α-hetero) is 1. The summed E-state index contributed by atoms with van der Waals surface area (Å²) in [7, 11) is 2.87. The molecule has 4 rings (SSSR count). The number of ether oxygens (including phenoxy) is 2. The number of aryl methyl sites for hydroxylation is 1. The van der Waals surface area contributed by atoms with Crippen LogP contribution in [0.25, 0.3) is 5.69 Å². The Kier molecular flexibility index (Phi) is 5.18. The number of nitrogens with one attached hydrogen (secondary N) is 1. The van der Waals surface area contributed by atoms with Crippen molar-refractivity contribution in [2.75, 3.05) is 19.5 Å². The first-order valence-electron chi connectivity index (χ1n) is 9.45. The first-order chi connectivity index (χ1) is 14.8. The summed E-state index contributed by atoms with van der Waals surface area (Å²) >= 11 is 0. The molecule has 1 N–H and O–H groups in total. The molecule has 1 unspecified atom stereocenters. The third-order valence-corrected chi connectivity index (χ3v) is 5.23. The van der Waals surface area contributed by atoms with E-state index in [1.54, 1.807) is 25.1 Å². The molecule has 0 saturated heterocycles. The predicted molar refractivity (Wildman–Crippen MR) is 108 cm³/mol. The highest BCUT2D eigenvalue weighted by atomic mass is 19.1. The molecule has 1 atom stereocenters. The predicted octanol–water partition coefficient (Wildman–Crippen LogP) is 3.78. The van der Waals surface area contributed by atoms with Gasteiger partial charge in [0.15, 0.2) is 11.6 Å². The number of nitrogens with zero attached hydrogens (tertiary/aromatic N) is 2. The van der Waals surface area contributed by atoms with Crippen LogP contribution in [0.1, 0.15) is 34.0 Å². The second-order valence-electron chi connectivity index (χ2n) is 7.06. The first-order valence-corrected chi connectivity index (χ1v) is 9.45. The first kappa shape index (κ1) is 20.5. The molecule has 1 aromatic heterocycles.